The summed E-state index contributed by atoms with van der Waals surface area (Å²) >= 11 is 1.32. The molecule has 8 heteroatoms. The van der Waals surface area contributed by atoms with Crippen LogP contribution in [0.4, 0.5) is 0 Å². The summed E-state index contributed by atoms with van der Waals surface area (Å²) in [4.78, 5) is 30.5. The number of aromatic nitrogens is 2. The van der Waals surface area contributed by atoms with Crippen LogP contribution in [-0.2, 0) is 4.74 Å². The van der Waals surface area contributed by atoms with Gasteiger partial charge in [0.15, 0.2) is 4.96 Å². The maximum atomic E-state index is 12.3. The number of nitrogens with zero attached hydrogens (tertiary/aromatic N) is 3. The number of ether oxygens (including phenoxy) is 1. The van der Waals surface area contributed by atoms with Crippen LogP contribution in [0.3, 0.4) is 0 Å². The molecule has 2 aromatic heterocycles. The van der Waals surface area contributed by atoms with Gasteiger partial charge in [0, 0.05) is 38.0 Å². The summed E-state index contributed by atoms with van der Waals surface area (Å²) in [5.41, 5.74) is -0.410. The van der Waals surface area contributed by atoms with Gasteiger partial charge in [0.1, 0.15) is 5.56 Å². The van der Waals surface area contributed by atoms with Crippen LogP contribution in [-0.4, -0.2) is 58.7 Å². The van der Waals surface area contributed by atoms with E-state index in [1.807, 2.05) is 0 Å². The van der Waals surface area contributed by atoms with Crippen molar-refractivity contribution in [1.29, 1.82) is 0 Å². The second-order valence-corrected chi connectivity index (χ2v) is 4.91. The van der Waals surface area contributed by atoms with Crippen LogP contribution in [0.5, 0.6) is 0 Å². The minimum atomic E-state index is -0.450. The molecule has 20 heavy (non-hydrogen) atoms. The summed E-state index contributed by atoms with van der Waals surface area (Å²) in [6.45, 7) is 0.613. The normalized spacial score (nSPS) is 10.9. The first-order valence-corrected chi connectivity index (χ1v) is 6.91. The molecule has 108 valence electrons. The fraction of sp³-hybridized carbons (Fsp3) is 0.417. The quantitative estimate of drug-likeness (QED) is 0.801. The summed E-state index contributed by atoms with van der Waals surface area (Å²) in [5.74, 6) is -0.450. The molecule has 0 spiro atoms. The summed E-state index contributed by atoms with van der Waals surface area (Å²) < 4.78 is 6.26. The van der Waals surface area contributed by atoms with Gasteiger partial charge in [-0.1, -0.05) is 0 Å². The molecule has 0 aliphatic carbocycles. The molecule has 2 rings (SSSR count). The van der Waals surface area contributed by atoms with E-state index in [4.69, 9.17) is 9.84 Å². The predicted molar refractivity (Wildman–Crippen MR) is 74.2 cm³/mol. The van der Waals surface area contributed by atoms with Gasteiger partial charge in [-0.25, -0.2) is 4.98 Å². The van der Waals surface area contributed by atoms with E-state index in [9.17, 15) is 9.59 Å². The third-order valence-corrected chi connectivity index (χ3v) is 3.57. The van der Waals surface area contributed by atoms with Crippen molar-refractivity contribution in [2.75, 3.05) is 33.4 Å². The molecule has 0 aromatic carbocycles. The Morgan fingerprint density at radius 3 is 3.05 bits per heavy atom. The Morgan fingerprint density at radius 2 is 2.35 bits per heavy atom. The van der Waals surface area contributed by atoms with Crippen molar-refractivity contribution in [3.63, 3.8) is 0 Å². The van der Waals surface area contributed by atoms with E-state index in [1.54, 1.807) is 11.6 Å². The minimum Gasteiger partial charge on any atom is -0.395 e. The fourth-order valence-corrected chi connectivity index (χ4v) is 2.45. The van der Waals surface area contributed by atoms with Gasteiger partial charge < -0.3 is 14.7 Å². The third-order valence-electron chi connectivity index (χ3n) is 2.80. The molecule has 2 heterocycles. The first-order chi connectivity index (χ1) is 9.69. The van der Waals surface area contributed by atoms with E-state index in [0.29, 0.717) is 18.1 Å². The van der Waals surface area contributed by atoms with E-state index >= 15 is 0 Å². The summed E-state index contributed by atoms with van der Waals surface area (Å²) in [5, 5.41) is 10.7. The molecule has 2 aromatic rings. The summed E-state index contributed by atoms with van der Waals surface area (Å²) in [6, 6.07) is 0. The van der Waals surface area contributed by atoms with Crippen molar-refractivity contribution in [2.24, 2.45) is 0 Å². The number of carbonyl (C=O) groups is 1. The Hall–Kier alpha value is -1.77. The molecule has 0 radical (unpaired) electrons. The SMILES string of the molecule is COCCN(CCO)C(=O)c1cnc2sccn2c1=O. The van der Waals surface area contributed by atoms with Crippen molar-refractivity contribution in [1.82, 2.24) is 14.3 Å². The van der Waals surface area contributed by atoms with Crippen LogP contribution in [0.15, 0.2) is 22.6 Å². The number of methoxy groups -OCH3 is 1. The number of thiazole rings is 1. The molecule has 0 atom stereocenters. The molecule has 0 aliphatic rings. The molecule has 0 unspecified atom stereocenters. The summed E-state index contributed by atoms with van der Waals surface area (Å²) in [6.07, 6.45) is 2.87. The van der Waals surface area contributed by atoms with Crippen LogP contribution < -0.4 is 5.56 Å². The number of amides is 1. The van der Waals surface area contributed by atoms with E-state index in [0.717, 1.165) is 0 Å². The van der Waals surface area contributed by atoms with Gasteiger partial charge in [0.2, 0.25) is 0 Å². The lowest BCUT2D eigenvalue weighted by molar-refractivity contribution is 0.0654. The van der Waals surface area contributed by atoms with Gasteiger partial charge in [-0.3, -0.25) is 14.0 Å². The van der Waals surface area contributed by atoms with Crippen molar-refractivity contribution in [3.8, 4) is 0 Å². The topological polar surface area (TPSA) is 84.1 Å². The zero-order valence-corrected chi connectivity index (χ0v) is 11.8. The van der Waals surface area contributed by atoms with Crippen LogP contribution in [0.25, 0.3) is 4.96 Å². The molecule has 0 saturated heterocycles. The number of carbonyl (C=O) groups excluding carboxylic acids is 1. The number of aliphatic hydroxyl groups is 1. The maximum absolute atomic E-state index is 12.3. The van der Waals surface area contributed by atoms with Gasteiger partial charge in [-0.05, 0) is 0 Å². The van der Waals surface area contributed by atoms with Crippen molar-refractivity contribution in [3.05, 3.63) is 33.7 Å². The number of hydrogen-bond donors (Lipinski definition) is 1. The number of hydrogen-bond acceptors (Lipinski definition) is 6. The highest BCUT2D eigenvalue weighted by Gasteiger charge is 2.20. The molecule has 0 saturated carbocycles. The van der Waals surface area contributed by atoms with Crippen LogP contribution in [0, 0.1) is 0 Å². The van der Waals surface area contributed by atoms with Crippen molar-refractivity contribution < 1.29 is 14.6 Å². The Balaban J connectivity index is 2.32. The molecule has 0 fully saturated rings. The average molecular weight is 297 g/mol. The second-order valence-electron chi connectivity index (χ2n) is 4.04. The monoisotopic (exact) mass is 297 g/mol. The van der Waals surface area contributed by atoms with Crippen molar-refractivity contribution >= 4 is 22.2 Å². The first kappa shape index (κ1) is 14.6. The zero-order chi connectivity index (χ0) is 14.5. The smallest absolute Gasteiger partial charge is 0.271 e. The standard InChI is InChI=1S/C12H15N3O4S/c1-19-6-3-14(2-5-16)10(17)9-8-13-12-15(11(9)18)4-7-20-12/h4,7-8,16H,2-3,5-6H2,1H3. The lowest BCUT2D eigenvalue weighted by Crippen LogP contribution is -2.39. The lowest BCUT2D eigenvalue weighted by Gasteiger charge is -2.20. The minimum absolute atomic E-state index is 0.00884. The van der Waals surface area contributed by atoms with Crippen molar-refractivity contribution in [2.45, 2.75) is 0 Å². The molecule has 1 amide bonds. The Morgan fingerprint density at radius 1 is 1.55 bits per heavy atom. The average Bonchev–Trinajstić information content (AvgIpc) is 2.92. The van der Waals surface area contributed by atoms with Crippen LogP contribution in [0.1, 0.15) is 10.4 Å². The molecule has 0 bridgehead atoms. The third kappa shape index (κ3) is 2.87. The summed E-state index contributed by atoms with van der Waals surface area (Å²) in [7, 11) is 1.52. The first-order valence-electron chi connectivity index (χ1n) is 6.03. The predicted octanol–water partition coefficient (Wildman–Crippen LogP) is -0.163. The highest BCUT2D eigenvalue weighted by Crippen LogP contribution is 2.07. The zero-order valence-electron chi connectivity index (χ0n) is 11.0. The molecular weight excluding hydrogens is 282 g/mol. The van der Waals surface area contributed by atoms with E-state index < -0.39 is 11.5 Å². The van der Waals surface area contributed by atoms with E-state index in [1.165, 1.54) is 33.9 Å². The molecule has 7 nitrogen and oxygen atoms in total. The van der Waals surface area contributed by atoms with Gasteiger partial charge in [-0.2, -0.15) is 0 Å². The molecule has 1 N–H and O–H groups in total. The molecule has 0 aliphatic heterocycles. The van der Waals surface area contributed by atoms with Crippen LogP contribution >= 0.6 is 11.3 Å². The fourth-order valence-electron chi connectivity index (χ4n) is 1.78. The van der Waals surface area contributed by atoms with Crippen LogP contribution in [0.2, 0.25) is 0 Å². The number of aliphatic hydroxyl groups excluding tert-OH is 1. The van der Waals surface area contributed by atoms with E-state index in [-0.39, 0.29) is 18.7 Å². The number of fused-ring (bicyclic) bond motifs is 1. The Bertz CT molecular complexity index is 651. The molecular formula is C12H15N3O4S. The largest absolute Gasteiger partial charge is 0.395 e. The maximum Gasteiger partial charge on any atom is 0.271 e. The second kappa shape index (κ2) is 6.60. The number of rotatable bonds is 6. The highest BCUT2D eigenvalue weighted by molar-refractivity contribution is 7.15. The van der Waals surface area contributed by atoms with Gasteiger partial charge in [0.25, 0.3) is 11.5 Å². The highest BCUT2D eigenvalue weighted by atomic mass is 32.1. The lowest BCUT2D eigenvalue weighted by atomic mass is 10.3. The van der Waals surface area contributed by atoms with Gasteiger partial charge in [-0.15, -0.1) is 11.3 Å². The van der Waals surface area contributed by atoms with Gasteiger partial charge in [0.05, 0.1) is 13.2 Å². The van der Waals surface area contributed by atoms with Gasteiger partial charge >= 0.3 is 0 Å². The Labute approximate surface area is 119 Å². The van der Waals surface area contributed by atoms with E-state index in [2.05, 4.69) is 4.98 Å². The Kier molecular flexibility index (Phi) is 4.83.